The molecule has 1 saturated carbocycles. The van der Waals surface area contributed by atoms with E-state index in [2.05, 4.69) is 19.9 Å². The Hall–Kier alpha value is -2.62. The normalized spacial score (nSPS) is 20.7. The van der Waals surface area contributed by atoms with Crippen LogP contribution in [-0.4, -0.2) is 92.9 Å². The molecule has 3 amide bonds. The summed E-state index contributed by atoms with van der Waals surface area (Å²) in [7, 11) is 3.61. The molecule has 12 nitrogen and oxygen atoms in total. The number of nitriles is 1. The van der Waals surface area contributed by atoms with Gasteiger partial charge in [-0.1, -0.05) is 0 Å². The summed E-state index contributed by atoms with van der Waals surface area (Å²) < 4.78 is 8.69. The zero-order chi connectivity index (χ0) is 30.0. The Labute approximate surface area is 266 Å². The maximum absolute atomic E-state index is 14.0. The third-order valence-corrected chi connectivity index (χ3v) is 12.6. The van der Waals surface area contributed by atoms with Crippen molar-refractivity contribution in [2.75, 3.05) is 55.5 Å². The third-order valence-electron chi connectivity index (χ3n) is 7.94. The van der Waals surface area contributed by atoms with Crippen LogP contribution >= 0.6 is 42.7 Å². The number of anilines is 2. The monoisotopic (exact) mass is 800 g/mol. The number of aryl methyl sites for hydroxylation is 1. The Morgan fingerprint density at radius 1 is 1.26 bits per heavy atom. The number of hydrogen-bond donors (Lipinski definition) is 2. The Bertz CT molecular complexity index is 1430. The molecule has 0 radical (unpaired) electrons. The van der Waals surface area contributed by atoms with Crippen molar-refractivity contribution >= 4 is 69.9 Å². The first-order valence-electron chi connectivity index (χ1n) is 13.7. The zero-order valence-corrected chi connectivity index (χ0v) is 28.1. The number of amides is 3. The average molecular weight is 800 g/mol. The standard InChI is InChI=1S/C28H34I2N8O4/c1-30(23-12-22(19(13-31)14-32-23)33-20-10-21(11-20)42-3)28(41)38-6-4-5-17-9-18(25(27(40)35-29)34-26(17)38)15-37-8-7-36(2)16-24(37)39/h9,12,14,20-21H,4-8,10-11,15-16H2,1-3H3,(H,32,33)(H,35,40). The molecule has 2 aromatic heterocycles. The van der Waals surface area contributed by atoms with E-state index in [1.54, 1.807) is 46.0 Å². The average Bonchev–Trinajstić information content (AvgIpc) is 2.98. The number of nitrogens with one attached hydrogen (secondary N) is 2. The molecule has 2 N–H and O–H groups in total. The van der Waals surface area contributed by atoms with Gasteiger partial charge in [0.15, 0.2) is 0 Å². The molecule has 0 atom stereocenters. The molecule has 2 aliphatic heterocycles. The van der Waals surface area contributed by atoms with Crippen LogP contribution < -0.4 is 13.7 Å². The van der Waals surface area contributed by atoms with Crippen molar-refractivity contribution in [1.29, 1.82) is 5.26 Å². The number of ether oxygens (including phenoxy) is 1. The number of carbonyl (C=O) groups is 3. The molecule has 1 saturated heterocycles. The molecule has 2 fully saturated rings. The molecule has 42 heavy (non-hydrogen) atoms. The first-order chi connectivity index (χ1) is 20.2. The van der Waals surface area contributed by atoms with Crippen LogP contribution in [0.25, 0.3) is 0 Å². The van der Waals surface area contributed by atoms with Gasteiger partial charge in [0.05, 0.1) is 0 Å². The first kappa shape index (κ1) is 30.8. The van der Waals surface area contributed by atoms with E-state index in [1.165, 1.54) is 0 Å². The number of likely N-dealkylation sites (N-methyl/N-ethyl adjacent to an activating group) is 1. The zero-order valence-electron chi connectivity index (χ0n) is 23.8. The van der Waals surface area contributed by atoms with Crippen LogP contribution in [-0.2, 0) is 22.5 Å². The molecule has 14 heteroatoms. The van der Waals surface area contributed by atoms with Crippen molar-refractivity contribution in [2.24, 2.45) is 0 Å². The fourth-order valence-corrected chi connectivity index (χ4v) is 8.81. The number of carbonyl (C=O) groups excluding carboxylic acids is 3. The van der Waals surface area contributed by atoms with Crippen LogP contribution in [0.3, 0.4) is 0 Å². The van der Waals surface area contributed by atoms with E-state index in [0.717, 1.165) is 37.8 Å². The number of hydrogen-bond acceptors (Lipinski definition) is 9. The molecule has 0 spiro atoms. The minimum atomic E-state index is -2.52. The third kappa shape index (κ3) is 6.48. The van der Waals surface area contributed by atoms with E-state index in [9.17, 15) is 19.6 Å². The molecule has 224 valence electrons. The molecular weight excluding hydrogens is 766 g/mol. The number of fused-ring (bicyclic) bond motifs is 1. The van der Waals surface area contributed by atoms with Gasteiger partial charge < -0.3 is 0 Å². The number of nitrogens with zero attached hydrogens (tertiary/aromatic N) is 6. The number of methoxy groups -OCH3 is 1. The molecule has 1 aliphatic carbocycles. The molecule has 4 heterocycles. The van der Waals surface area contributed by atoms with Gasteiger partial charge in [-0.15, -0.1) is 0 Å². The van der Waals surface area contributed by atoms with Crippen LogP contribution in [0.1, 0.15) is 46.4 Å². The number of rotatable bonds is 8. The fourth-order valence-electron chi connectivity index (χ4n) is 5.40. The summed E-state index contributed by atoms with van der Waals surface area (Å²) >= 11 is -0.734. The molecule has 2 aromatic rings. The van der Waals surface area contributed by atoms with Gasteiger partial charge in [-0.25, -0.2) is 0 Å². The van der Waals surface area contributed by atoms with Crippen LogP contribution in [0, 0.1) is 15.0 Å². The quantitative estimate of drug-likeness (QED) is 0.103. The van der Waals surface area contributed by atoms with Gasteiger partial charge in [-0.2, -0.15) is 0 Å². The van der Waals surface area contributed by atoms with E-state index in [0.29, 0.717) is 52.5 Å². The van der Waals surface area contributed by atoms with Crippen LogP contribution in [0.5, 0.6) is 0 Å². The summed E-state index contributed by atoms with van der Waals surface area (Å²) in [4.78, 5) is 56.3. The van der Waals surface area contributed by atoms with E-state index in [4.69, 9.17) is 9.72 Å². The van der Waals surface area contributed by atoms with Crippen molar-refractivity contribution in [3.05, 3.63) is 44.4 Å². The summed E-state index contributed by atoms with van der Waals surface area (Å²) in [6.45, 7) is 2.48. The molecule has 0 bridgehead atoms. The van der Waals surface area contributed by atoms with Crippen LogP contribution in [0.15, 0.2) is 18.3 Å². The Balaban J connectivity index is 1.40. The number of pyridine rings is 2. The summed E-state index contributed by atoms with van der Waals surface area (Å²) in [5, 5.41) is 13.1. The minimum absolute atomic E-state index is 0.0132. The second-order valence-corrected chi connectivity index (χ2v) is 16.0. The van der Waals surface area contributed by atoms with Crippen molar-refractivity contribution in [3.8, 4) is 6.07 Å². The molecular formula is C28H34I2N8O4. The summed E-state index contributed by atoms with van der Waals surface area (Å²) in [6, 6.07) is 6.20. The number of piperazine rings is 1. The fraction of sp³-hybridized carbons (Fsp3) is 0.500. The molecule has 0 aromatic carbocycles. The first-order valence-corrected chi connectivity index (χ1v) is 19.1. The van der Waals surface area contributed by atoms with Gasteiger partial charge in [0.25, 0.3) is 0 Å². The van der Waals surface area contributed by atoms with Gasteiger partial charge in [0.2, 0.25) is 0 Å². The summed E-state index contributed by atoms with van der Waals surface area (Å²) in [5.41, 5.74) is 2.94. The number of halogens is 2. The second-order valence-electron chi connectivity index (χ2n) is 10.8. The Morgan fingerprint density at radius 3 is 2.74 bits per heavy atom. The van der Waals surface area contributed by atoms with Crippen molar-refractivity contribution in [3.63, 3.8) is 0 Å². The van der Waals surface area contributed by atoms with Crippen molar-refractivity contribution < 1.29 is 19.1 Å². The Kier molecular flexibility index (Phi) is 9.80. The maximum atomic E-state index is 14.0. The van der Waals surface area contributed by atoms with E-state index < -0.39 is 19.8 Å². The topological polar surface area (TPSA) is 144 Å². The predicted molar refractivity (Wildman–Crippen MR) is 175 cm³/mol. The molecule has 5 rings (SSSR count). The van der Waals surface area contributed by atoms with Gasteiger partial charge in [0, 0.05) is 0 Å². The predicted octanol–water partition coefficient (Wildman–Crippen LogP) is 3.17. The number of aromatic nitrogens is 2. The van der Waals surface area contributed by atoms with Crippen molar-refractivity contribution in [1.82, 2.24) is 23.3 Å². The summed E-state index contributed by atoms with van der Waals surface area (Å²) in [6.07, 6.45) is 4.99. The van der Waals surface area contributed by atoms with Gasteiger partial charge in [-0.3, -0.25) is 0 Å². The van der Waals surface area contributed by atoms with Crippen LogP contribution in [0.4, 0.5) is 16.3 Å². The Morgan fingerprint density at radius 2 is 2.05 bits per heavy atom. The van der Waals surface area contributed by atoms with E-state index in [-0.39, 0.29) is 33.6 Å². The van der Waals surface area contributed by atoms with E-state index >= 15 is 0 Å². The van der Waals surface area contributed by atoms with Gasteiger partial charge in [-0.05, 0) is 0 Å². The SMILES string of the molecule is COC1CC(Nc2cc(I(C)C(=O)N3CCCc4cc(CN5CCN(C)CC5=O)c(C(=O)NI)nc43)ncc2C#N)C1. The van der Waals surface area contributed by atoms with Crippen LogP contribution in [0.2, 0.25) is 0 Å². The van der Waals surface area contributed by atoms with Gasteiger partial charge >= 0.3 is 268 Å². The second kappa shape index (κ2) is 13.3. The number of alkyl halides is 1. The molecule has 0 unspecified atom stereocenters. The van der Waals surface area contributed by atoms with E-state index in [1.807, 2.05) is 29.0 Å². The van der Waals surface area contributed by atoms with Crippen molar-refractivity contribution in [2.45, 2.75) is 44.4 Å². The summed E-state index contributed by atoms with van der Waals surface area (Å²) in [5.74, 6) is 0.154. The molecule has 3 aliphatic rings. The van der Waals surface area contributed by atoms with Gasteiger partial charge in [0.1, 0.15) is 0 Å².